The fraction of sp³-hybridized carbons (Fsp3) is 0.875. The molecule has 12 nitrogen and oxygen atoms in total. The summed E-state index contributed by atoms with van der Waals surface area (Å²) in [6.45, 7) is 5.05. The number of hydrogen-bond donors (Lipinski definition) is 4. The monoisotopic (exact) mass is 622 g/mol. The summed E-state index contributed by atoms with van der Waals surface area (Å²) in [5.74, 6) is 0.897. The predicted octanol–water partition coefficient (Wildman–Crippen LogP) is 0.352. The van der Waals surface area contributed by atoms with E-state index in [-0.39, 0.29) is 48.4 Å². The highest BCUT2D eigenvalue weighted by Gasteiger charge is 2.48. The van der Waals surface area contributed by atoms with E-state index in [1.54, 1.807) is 9.80 Å². The minimum atomic E-state index is -0.416. The molecule has 3 heterocycles. The molecule has 0 bridgehead atoms. The van der Waals surface area contributed by atoms with E-state index in [1.807, 2.05) is 33.1 Å². The second-order valence-electron chi connectivity index (χ2n) is 13.7. The molecule has 3 saturated carbocycles. The van der Waals surface area contributed by atoms with Gasteiger partial charge in [0.1, 0.15) is 11.3 Å². The van der Waals surface area contributed by atoms with Crippen LogP contribution in [-0.2, 0) is 19.2 Å². The maximum atomic E-state index is 12.2. The number of Topliss-reactive ketones (excluding diaryl/α,β-unsaturated/α-hetero) is 1. The molecule has 3 saturated heterocycles. The van der Waals surface area contributed by atoms with Gasteiger partial charge in [-0.05, 0) is 71.3 Å². The van der Waals surface area contributed by atoms with Crippen LogP contribution in [0.4, 0.5) is 0 Å². The van der Waals surface area contributed by atoms with Crippen LogP contribution in [0.2, 0.25) is 0 Å². The Morgan fingerprint density at radius 1 is 0.591 bits per heavy atom. The van der Waals surface area contributed by atoms with Crippen molar-refractivity contribution in [1.82, 2.24) is 30.2 Å². The summed E-state index contributed by atoms with van der Waals surface area (Å²) in [7, 11) is 7.60. The predicted molar refractivity (Wildman–Crippen MR) is 169 cm³/mol. The smallest absolute Gasteiger partial charge is 0.242 e. The number of hydrogen-bond acceptors (Lipinski definition) is 9. The molecule has 6 aliphatic rings. The van der Waals surface area contributed by atoms with Gasteiger partial charge in [-0.3, -0.25) is 24.1 Å². The first kappa shape index (κ1) is 36.3. The van der Waals surface area contributed by atoms with Crippen molar-refractivity contribution < 1.29 is 29.4 Å². The van der Waals surface area contributed by atoms with Crippen molar-refractivity contribution in [3.8, 4) is 0 Å². The summed E-state index contributed by atoms with van der Waals surface area (Å²) in [4.78, 5) is 54.9. The van der Waals surface area contributed by atoms with Crippen LogP contribution in [0.1, 0.15) is 84.5 Å². The van der Waals surface area contributed by atoms with Crippen molar-refractivity contribution in [3.05, 3.63) is 0 Å². The minimum absolute atomic E-state index is 0. The molecule has 0 aromatic rings. The highest BCUT2D eigenvalue weighted by atomic mass is 16.3. The second kappa shape index (κ2) is 15.0. The standard InChI is InChI=1S/C11H20N2O2.C10H18N2O2.C10H16N2O2.CH4/c1-12-7-8-13(2)11(10(12)15)5-3-9(14)4-6-11;2*1-12-7-6-11-10(9(12)14)4-2-8(13)3-5-10;/h9,14H,3-8H2,1-2H3;8,11,13H,2-7H2,1H3;11H,2-7H2,1H3;1H4. The first-order valence-electron chi connectivity index (χ1n) is 16.2. The van der Waals surface area contributed by atoms with Crippen molar-refractivity contribution in [3.63, 3.8) is 0 Å². The Kier molecular flexibility index (Phi) is 12.4. The number of aliphatic hydroxyl groups is 2. The van der Waals surface area contributed by atoms with Gasteiger partial charge in [0, 0.05) is 73.3 Å². The summed E-state index contributed by atoms with van der Waals surface area (Å²) < 4.78 is 0. The van der Waals surface area contributed by atoms with Crippen LogP contribution in [0, 0.1) is 0 Å². The molecule has 0 aromatic heterocycles. The fourth-order valence-corrected chi connectivity index (χ4v) is 7.65. The van der Waals surface area contributed by atoms with Gasteiger partial charge >= 0.3 is 0 Å². The molecule has 3 spiro atoms. The van der Waals surface area contributed by atoms with E-state index in [9.17, 15) is 29.4 Å². The van der Waals surface area contributed by atoms with E-state index in [0.29, 0.717) is 31.5 Å². The molecule has 4 N–H and O–H groups in total. The Balaban J connectivity index is 0.000000178. The minimum Gasteiger partial charge on any atom is -0.393 e. The number of nitrogens with one attached hydrogen (secondary N) is 2. The average Bonchev–Trinajstić information content (AvgIpc) is 3.00. The average molecular weight is 623 g/mol. The topological polar surface area (TPSA) is 146 Å². The van der Waals surface area contributed by atoms with Crippen LogP contribution in [0.15, 0.2) is 0 Å². The third kappa shape index (κ3) is 7.63. The van der Waals surface area contributed by atoms with Crippen molar-refractivity contribution in [2.24, 2.45) is 0 Å². The Morgan fingerprint density at radius 3 is 1.48 bits per heavy atom. The van der Waals surface area contributed by atoms with E-state index < -0.39 is 5.54 Å². The summed E-state index contributed by atoms with van der Waals surface area (Å²) in [5, 5.41) is 25.6. The number of rotatable bonds is 0. The highest BCUT2D eigenvalue weighted by molar-refractivity contribution is 5.91. The van der Waals surface area contributed by atoms with Gasteiger partial charge in [-0.25, -0.2) is 0 Å². The number of ketones is 1. The number of piperazine rings is 3. The zero-order chi connectivity index (χ0) is 31.4. The Morgan fingerprint density at radius 2 is 1.00 bits per heavy atom. The van der Waals surface area contributed by atoms with Crippen LogP contribution in [-0.4, -0.2) is 150 Å². The molecular weight excluding hydrogens is 564 g/mol. The molecule has 3 amide bonds. The van der Waals surface area contributed by atoms with E-state index >= 15 is 0 Å². The first-order valence-corrected chi connectivity index (χ1v) is 16.2. The lowest BCUT2D eigenvalue weighted by molar-refractivity contribution is -0.152. The molecule has 0 unspecified atom stereocenters. The molecule has 3 aliphatic heterocycles. The second-order valence-corrected chi connectivity index (χ2v) is 13.7. The van der Waals surface area contributed by atoms with Gasteiger partial charge in [0.15, 0.2) is 0 Å². The summed E-state index contributed by atoms with van der Waals surface area (Å²) >= 11 is 0. The van der Waals surface area contributed by atoms with Gasteiger partial charge in [0.25, 0.3) is 0 Å². The van der Waals surface area contributed by atoms with E-state index in [0.717, 1.165) is 90.6 Å². The number of likely N-dealkylation sites (N-methyl/N-ethyl adjacent to an activating group) is 4. The lowest BCUT2D eigenvalue weighted by atomic mass is 9.77. The molecule has 6 fully saturated rings. The maximum Gasteiger partial charge on any atom is 0.242 e. The zero-order valence-corrected chi connectivity index (χ0v) is 26.7. The molecule has 0 radical (unpaired) electrons. The molecule has 3 aliphatic carbocycles. The number of carbonyl (C=O) groups excluding carboxylic acids is 4. The van der Waals surface area contributed by atoms with Crippen LogP contribution in [0.3, 0.4) is 0 Å². The number of carbonyl (C=O) groups is 4. The van der Waals surface area contributed by atoms with Crippen LogP contribution in [0.25, 0.3) is 0 Å². The molecule has 6 rings (SSSR count). The molecule has 0 aromatic carbocycles. The summed E-state index contributed by atoms with van der Waals surface area (Å²) in [6, 6.07) is 0. The zero-order valence-electron chi connectivity index (χ0n) is 26.7. The molecule has 252 valence electrons. The SMILES string of the molecule is C.CN1CCN(C)C2(CCC(O)CC2)C1=O.CN1CCNC2(CCC(=O)CC2)C1=O.CN1CCNC2(CCC(O)CC2)C1=O. The normalized spacial score (nSPS) is 34.3. The highest BCUT2D eigenvalue weighted by Crippen LogP contribution is 2.36. The van der Waals surface area contributed by atoms with Crippen LogP contribution >= 0.6 is 0 Å². The van der Waals surface area contributed by atoms with Crippen molar-refractivity contribution in [2.75, 3.05) is 67.5 Å². The van der Waals surface area contributed by atoms with Crippen molar-refractivity contribution in [2.45, 2.75) is 113 Å². The van der Waals surface area contributed by atoms with Gasteiger partial charge in [-0.2, -0.15) is 0 Å². The number of amides is 3. The van der Waals surface area contributed by atoms with E-state index in [2.05, 4.69) is 15.5 Å². The lowest BCUT2D eigenvalue weighted by Crippen LogP contribution is -2.65. The van der Waals surface area contributed by atoms with Gasteiger partial charge < -0.3 is 35.5 Å². The Labute approximate surface area is 263 Å². The van der Waals surface area contributed by atoms with Crippen LogP contribution in [0.5, 0.6) is 0 Å². The Hall–Kier alpha value is -2.12. The molecule has 0 atom stereocenters. The van der Waals surface area contributed by atoms with E-state index in [1.165, 1.54) is 0 Å². The van der Waals surface area contributed by atoms with Gasteiger partial charge in [-0.1, -0.05) is 7.43 Å². The third-order valence-corrected chi connectivity index (χ3v) is 10.8. The van der Waals surface area contributed by atoms with Gasteiger partial charge in [-0.15, -0.1) is 0 Å². The maximum absolute atomic E-state index is 12.2. The lowest BCUT2D eigenvalue weighted by Gasteiger charge is -2.49. The largest absolute Gasteiger partial charge is 0.393 e. The first-order chi connectivity index (χ1) is 20.3. The molecule has 12 heteroatoms. The third-order valence-electron chi connectivity index (χ3n) is 10.8. The fourth-order valence-electron chi connectivity index (χ4n) is 7.65. The number of aliphatic hydroxyl groups excluding tert-OH is 2. The van der Waals surface area contributed by atoms with Gasteiger partial charge in [0.05, 0.1) is 23.3 Å². The molecule has 44 heavy (non-hydrogen) atoms. The number of nitrogens with zero attached hydrogens (tertiary/aromatic N) is 4. The summed E-state index contributed by atoms with van der Waals surface area (Å²) in [6.07, 6.45) is 8.18. The van der Waals surface area contributed by atoms with Gasteiger partial charge in [0.2, 0.25) is 17.7 Å². The Bertz CT molecular complexity index is 1010. The quantitative estimate of drug-likeness (QED) is 0.301. The van der Waals surface area contributed by atoms with Crippen molar-refractivity contribution in [1.29, 1.82) is 0 Å². The molecular formula is C32H58N6O6. The summed E-state index contributed by atoms with van der Waals surface area (Å²) in [5.41, 5.74) is -1.08. The van der Waals surface area contributed by atoms with Crippen molar-refractivity contribution >= 4 is 23.5 Å². The van der Waals surface area contributed by atoms with E-state index in [4.69, 9.17) is 0 Å². The van der Waals surface area contributed by atoms with Crippen LogP contribution < -0.4 is 10.6 Å².